The summed E-state index contributed by atoms with van der Waals surface area (Å²) in [6, 6.07) is 0.252. The van der Waals surface area contributed by atoms with E-state index in [0.717, 1.165) is 23.8 Å². The molecule has 1 aliphatic heterocycles. The highest BCUT2D eigenvalue weighted by Crippen LogP contribution is 2.22. The average Bonchev–Trinajstić information content (AvgIpc) is 2.91. The maximum atomic E-state index is 12.8. The Morgan fingerprint density at radius 2 is 1.83 bits per heavy atom. The summed E-state index contributed by atoms with van der Waals surface area (Å²) in [5.74, 6) is -0.185. The highest BCUT2D eigenvalue weighted by molar-refractivity contribution is 5.77. The summed E-state index contributed by atoms with van der Waals surface area (Å²) < 4.78 is 3.90. The zero-order valence-corrected chi connectivity index (χ0v) is 14.5. The van der Waals surface area contributed by atoms with Gasteiger partial charge < -0.3 is 9.47 Å². The molecule has 0 bridgehead atoms. The molecule has 0 radical (unpaired) electrons. The molecule has 2 unspecified atom stereocenters. The van der Waals surface area contributed by atoms with Gasteiger partial charge in [0.15, 0.2) is 11.2 Å². The van der Waals surface area contributed by atoms with Gasteiger partial charge in [-0.2, -0.15) is 0 Å². The number of aromatic nitrogens is 4. The lowest BCUT2D eigenvalue weighted by atomic mass is 9.97. The van der Waals surface area contributed by atoms with Crippen LogP contribution in [0.5, 0.6) is 0 Å². The first-order chi connectivity index (χ1) is 11.3. The number of amides is 1. The van der Waals surface area contributed by atoms with Crippen molar-refractivity contribution in [2.24, 2.45) is 14.1 Å². The highest BCUT2D eigenvalue weighted by Gasteiger charge is 2.29. The van der Waals surface area contributed by atoms with E-state index in [-0.39, 0.29) is 24.5 Å². The van der Waals surface area contributed by atoms with E-state index in [2.05, 4.69) is 4.98 Å². The van der Waals surface area contributed by atoms with Crippen LogP contribution in [0.15, 0.2) is 15.9 Å². The third kappa shape index (κ3) is 2.46. The summed E-state index contributed by atoms with van der Waals surface area (Å²) in [7, 11) is 3.26. The number of piperidine rings is 1. The predicted molar refractivity (Wildman–Crippen MR) is 89.8 cm³/mol. The summed E-state index contributed by atoms with van der Waals surface area (Å²) in [5.41, 5.74) is -0.337. The number of likely N-dealkylation sites (tertiary alicyclic amines) is 1. The second kappa shape index (κ2) is 5.92. The lowest BCUT2D eigenvalue weighted by Crippen LogP contribution is -2.51. The van der Waals surface area contributed by atoms with Crippen molar-refractivity contribution in [3.63, 3.8) is 0 Å². The molecule has 8 heteroatoms. The first kappa shape index (κ1) is 16.5. The van der Waals surface area contributed by atoms with Gasteiger partial charge >= 0.3 is 5.69 Å². The van der Waals surface area contributed by atoms with Crippen LogP contribution in [0.25, 0.3) is 11.2 Å². The fourth-order valence-electron chi connectivity index (χ4n) is 3.67. The van der Waals surface area contributed by atoms with E-state index in [0.29, 0.717) is 11.2 Å². The summed E-state index contributed by atoms with van der Waals surface area (Å²) >= 11 is 0. The number of imidazole rings is 1. The van der Waals surface area contributed by atoms with Gasteiger partial charge in [0, 0.05) is 26.2 Å². The van der Waals surface area contributed by atoms with Crippen molar-refractivity contribution < 1.29 is 4.79 Å². The minimum Gasteiger partial charge on any atom is -0.336 e. The van der Waals surface area contributed by atoms with Gasteiger partial charge in [-0.3, -0.25) is 14.2 Å². The summed E-state index contributed by atoms with van der Waals surface area (Å²) in [6.45, 7) is 3.79. The highest BCUT2D eigenvalue weighted by atomic mass is 16.2. The fraction of sp³-hybridized carbons (Fsp3) is 0.625. The molecule has 130 valence electrons. The monoisotopic (exact) mass is 333 g/mol. The predicted octanol–water partition coefficient (Wildman–Crippen LogP) is 0.223. The molecular formula is C16H23N5O3. The van der Waals surface area contributed by atoms with Crippen LogP contribution in [0.1, 0.15) is 33.1 Å². The topological polar surface area (TPSA) is 82.1 Å². The number of fused-ring (bicyclic) bond motifs is 1. The third-order valence-corrected chi connectivity index (χ3v) is 4.98. The number of rotatable bonds is 2. The lowest BCUT2D eigenvalue weighted by Gasteiger charge is -2.39. The molecule has 0 aromatic carbocycles. The van der Waals surface area contributed by atoms with Crippen molar-refractivity contribution in [3.8, 4) is 0 Å². The van der Waals surface area contributed by atoms with Gasteiger partial charge in [0.25, 0.3) is 5.56 Å². The van der Waals surface area contributed by atoms with Crippen molar-refractivity contribution in [3.05, 3.63) is 27.2 Å². The third-order valence-electron chi connectivity index (χ3n) is 4.98. The van der Waals surface area contributed by atoms with E-state index < -0.39 is 11.2 Å². The smallest absolute Gasteiger partial charge is 0.332 e. The summed E-state index contributed by atoms with van der Waals surface area (Å²) in [6.07, 6.45) is 4.48. The average molecular weight is 333 g/mol. The second-order valence-corrected chi connectivity index (χ2v) is 6.69. The van der Waals surface area contributed by atoms with Gasteiger partial charge in [-0.15, -0.1) is 0 Å². The van der Waals surface area contributed by atoms with E-state index in [9.17, 15) is 14.4 Å². The van der Waals surface area contributed by atoms with Gasteiger partial charge in [0.1, 0.15) is 6.54 Å². The van der Waals surface area contributed by atoms with Crippen LogP contribution in [-0.4, -0.2) is 41.6 Å². The Morgan fingerprint density at radius 3 is 2.46 bits per heavy atom. The van der Waals surface area contributed by atoms with Crippen LogP contribution in [0.3, 0.4) is 0 Å². The van der Waals surface area contributed by atoms with Crippen LogP contribution >= 0.6 is 0 Å². The molecule has 3 rings (SSSR count). The van der Waals surface area contributed by atoms with Crippen LogP contribution in [0, 0.1) is 0 Å². The first-order valence-electron chi connectivity index (χ1n) is 8.25. The molecule has 1 aliphatic rings. The lowest BCUT2D eigenvalue weighted by molar-refractivity contribution is -0.138. The minimum atomic E-state index is -0.517. The van der Waals surface area contributed by atoms with Gasteiger partial charge in [0.2, 0.25) is 5.91 Å². The molecule has 1 saturated heterocycles. The first-order valence-corrected chi connectivity index (χ1v) is 8.25. The van der Waals surface area contributed by atoms with E-state index in [1.165, 1.54) is 10.9 Å². The van der Waals surface area contributed by atoms with E-state index in [4.69, 9.17) is 0 Å². The molecule has 0 aliphatic carbocycles. The van der Waals surface area contributed by atoms with Crippen LogP contribution in [0.4, 0.5) is 0 Å². The normalized spacial score (nSPS) is 21.4. The van der Waals surface area contributed by atoms with Crippen LogP contribution in [0.2, 0.25) is 0 Å². The molecule has 2 aromatic rings. The molecule has 0 saturated carbocycles. The maximum Gasteiger partial charge on any atom is 0.332 e. The Morgan fingerprint density at radius 1 is 1.21 bits per heavy atom. The van der Waals surface area contributed by atoms with E-state index in [1.54, 1.807) is 18.7 Å². The number of carbonyl (C=O) groups excluding carboxylic acids is 1. The van der Waals surface area contributed by atoms with E-state index >= 15 is 0 Å². The van der Waals surface area contributed by atoms with Crippen LogP contribution in [-0.2, 0) is 25.4 Å². The van der Waals surface area contributed by atoms with Crippen molar-refractivity contribution in [2.75, 3.05) is 0 Å². The molecule has 0 spiro atoms. The Bertz CT molecular complexity index is 897. The Kier molecular flexibility index (Phi) is 4.06. The van der Waals surface area contributed by atoms with Crippen molar-refractivity contribution in [2.45, 2.75) is 51.7 Å². The van der Waals surface area contributed by atoms with Crippen molar-refractivity contribution >= 4 is 17.1 Å². The van der Waals surface area contributed by atoms with Crippen molar-refractivity contribution in [1.82, 2.24) is 23.6 Å². The largest absolute Gasteiger partial charge is 0.336 e. The van der Waals surface area contributed by atoms with Gasteiger partial charge in [-0.25, -0.2) is 14.3 Å². The zero-order chi connectivity index (χ0) is 17.6. The molecule has 1 fully saturated rings. The maximum absolute atomic E-state index is 12.8. The zero-order valence-electron chi connectivity index (χ0n) is 14.5. The fourth-order valence-corrected chi connectivity index (χ4v) is 3.67. The summed E-state index contributed by atoms with van der Waals surface area (Å²) in [4.78, 5) is 43.8. The minimum absolute atomic E-state index is 0.126. The van der Waals surface area contributed by atoms with Crippen molar-refractivity contribution in [1.29, 1.82) is 0 Å². The molecule has 2 aromatic heterocycles. The number of carbonyl (C=O) groups is 1. The number of hydrogen-bond acceptors (Lipinski definition) is 4. The molecule has 3 heterocycles. The Balaban J connectivity index is 2.04. The molecule has 8 nitrogen and oxygen atoms in total. The standard InChI is InChI=1S/C16H23N5O3/c1-10-6-5-7-11(2)21(10)12(22)8-20-15(23)13-14(17-9-18(13)3)19(4)16(20)24/h9-11H,5-8H2,1-4H3. The quantitative estimate of drug-likeness (QED) is 0.787. The number of aryl methyl sites for hydroxylation is 2. The SMILES string of the molecule is CC1CCCC(C)N1C(=O)Cn1c(=O)c2c(ncn2C)n(C)c1=O. The number of hydrogen-bond donors (Lipinski definition) is 0. The molecule has 1 amide bonds. The van der Waals surface area contributed by atoms with Gasteiger partial charge in [-0.05, 0) is 33.1 Å². The molecule has 2 atom stereocenters. The summed E-state index contributed by atoms with van der Waals surface area (Å²) in [5, 5.41) is 0. The Labute approximate surface area is 139 Å². The van der Waals surface area contributed by atoms with Crippen LogP contribution < -0.4 is 11.2 Å². The molecule has 0 N–H and O–H groups in total. The van der Waals surface area contributed by atoms with Gasteiger partial charge in [0.05, 0.1) is 6.33 Å². The Hall–Kier alpha value is -2.38. The van der Waals surface area contributed by atoms with E-state index in [1.807, 2.05) is 18.7 Å². The number of nitrogens with zero attached hydrogens (tertiary/aromatic N) is 5. The molecule has 24 heavy (non-hydrogen) atoms. The van der Waals surface area contributed by atoms with Gasteiger partial charge in [-0.1, -0.05) is 0 Å². The second-order valence-electron chi connectivity index (χ2n) is 6.69. The molecular weight excluding hydrogens is 310 g/mol.